The van der Waals surface area contributed by atoms with E-state index in [-0.39, 0.29) is 17.9 Å². The number of likely N-dealkylation sites (tertiary alicyclic amines) is 1. The van der Waals surface area contributed by atoms with Gasteiger partial charge in [-0.1, -0.05) is 0 Å². The zero-order chi connectivity index (χ0) is 17.5. The number of nitrogens with two attached hydrogens (primary N) is 1. The van der Waals surface area contributed by atoms with Gasteiger partial charge in [-0.3, -0.25) is 0 Å². The number of aromatic nitrogens is 2. The van der Waals surface area contributed by atoms with Gasteiger partial charge in [-0.25, -0.2) is 0 Å². The molecule has 1 aliphatic rings. The van der Waals surface area contributed by atoms with Gasteiger partial charge in [0.25, 0.3) is 0 Å². The molecule has 134 valence electrons. The fourth-order valence-electron chi connectivity index (χ4n) is 2.87. The summed E-state index contributed by atoms with van der Waals surface area (Å²) in [6.07, 6.45) is 6.00. The number of carbonyl (C=O) groups excluding carboxylic acids is 2. The van der Waals surface area contributed by atoms with Gasteiger partial charge in [0.2, 0.25) is 0 Å². The number of hydrogen-bond acceptors (Lipinski definition) is 4. The summed E-state index contributed by atoms with van der Waals surface area (Å²) in [5.41, 5.74) is 6.86. The standard InChI is InChI=1S/C15H25N5O2Se2/c16-12(6-11-7-17-9-18-11)15(22)20-4-1-2-13(20)14(21)19-10(8-24)3-5-23/h7,9-10,12-13,23-24H,1-6,8,16H2,(H,17,18)(H,19,21)/p-2/t10-,12-,13-/m0/s1. The van der Waals surface area contributed by atoms with Crippen molar-refractivity contribution in [3.8, 4) is 0 Å². The molecular formula is C15H23N5O2Se2-2. The van der Waals surface area contributed by atoms with Crippen molar-refractivity contribution in [1.82, 2.24) is 20.2 Å². The minimum absolute atomic E-state index is 0.0803. The SMILES string of the molecule is N[C@@H](Cc1cnc[nH]1)C(=O)N1CCC[C@H]1C(=O)N[C@H](C[Se-])CC[Se-]. The molecule has 9 heteroatoms. The molecule has 3 atom stereocenters. The van der Waals surface area contributed by atoms with Gasteiger partial charge in [-0.15, -0.1) is 0 Å². The molecule has 0 aromatic carbocycles. The molecule has 1 aliphatic heterocycles. The minimum atomic E-state index is -0.667. The molecule has 4 N–H and O–H groups in total. The number of nitrogens with one attached hydrogen (secondary N) is 2. The third-order valence-corrected chi connectivity index (χ3v) is 5.50. The molecule has 1 aromatic rings. The van der Waals surface area contributed by atoms with Gasteiger partial charge in [0.1, 0.15) is 0 Å². The predicted molar refractivity (Wildman–Crippen MR) is 92.7 cm³/mol. The van der Waals surface area contributed by atoms with E-state index in [0.717, 1.165) is 29.2 Å². The van der Waals surface area contributed by atoms with E-state index in [1.165, 1.54) is 0 Å². The fraction of sp³-hybridized carbons (Fsp3) is 0.667. The van der Waals surface area contributed by atoms with Crippen LogP contribution in [-0.4, -0.2) is 83.4 Å². The molecule has 2 rings (SSSR count). The number of H-pyrrole nitrogens is 1. The normalized spacial score (nSPS) is 20.0. The van der Waals surface area contributed by atoms with Crippen LogP contribution in [0.1, 0.15) is 25.0 Å². The summed E-state index contributed by atoms with van der Waals surface area (Å²) in [7, 11) is 0. The van der Waals surface area contributed by atoms with Gasteiger partial charge in [-0.2, -0.15) is 0 Å². The van der Waals surface area contributed by atoms with E-state index in [9.17, 15) is 9.59 Å². The van der Waals surface area contributed by atoms with E-state index in [2.05, 4.69) is 47.3 Å². The Morgan fingerprint density at radius 2 is 2.29 bits per heavy atom. The van der Waals surface area contributed by atoms with Crippen molar-refractivity contribution >= 4 is 43.8 Å². The first-order chi connectivity index (χ1) is 11.6. The molecule has 24 heavy (non-hydrogen) atoms. The number of rotatable bonds is 8. The molecule has 2 amide bonds. The summed E-state index contributed by atoms with van der Waals surface area (Å²) in [5, 5.41) is 4.68. The predicted octanol–water partition coefficient (Wildman–Crippen LogP) is -0.681. The Morgan fingerprint density at radius 3 is 2.92 bits per heavy atom. The van der Waals surface area contributed by atoms with Crippen molar-refractivity contribution in [2.75, 3.05) is 6.54 Å². The Balaban J connectivity index is 1.95. The summed E-state index contributed by atoms with van der Waals surface area (Å²) in [6.45, 7) is 0.581. The number of amides is 2. The molecule has 2 heterocycles. The maximum atomic E-state index is 12.6. The van der Waals surface area contributed by atoms with E-state index in [1.807, 2.05) is 0 Å². The fourth-order valence-corrected chi connectivity index (χ4v) is 3.99. The zero-order valence-electron chi connectivity index (χ0n) is 13.4. The molecule has 0 radical (unpaired) electrons. The molecule has 0 spiro atoms. The summed E-state index contributed by atoms with van der Waals surface area (Å²) in [4.78, 5) is 33.7. The second kappa shape index (κ2) is 9.59. The molecule has 0 saturated carbocycles. The number of aromatic amines is 1. The van der Waals surface area contributed by atoms with Crippen molar-refractivity contribution in [2.24, 2.45) is 5.73 Å². The Hall–Kier alpha value is -0.851. The Kier molecular flexibility index (Phi) is 7.78. The summed E-state index contributed by atoms with van der Waals surface area (Å²) >= 11 is 5.92. The van der Waals surface area contributed by atoms with Crippen LogP contribution >= 0.6 is 0 Å². The topological polar surface area (TPSA) is 104 Å². The Labute approximate surface area is 158 Å². The van der Waals surface area contributed by atoms with E-state index in [0.29, 0.717) is 19.4 Å². The van der Waals surface area contributed by atoms with Crippen molar-refractivity contribution < 1.29 is 9.59 Å². The maximum absolute atomic E-state index is 12.6. The van der Waals surface area contributed by atoms with E-state index >= 15 is 0 Å². The average molecular weight is 463 g/mol. The first-order valence-corrected chi connectivity index (χ1v) is 10.5. The molecule has 0 bridgehead atoms. The summed E-state index contributed by atoms with van der Waals surface area (Å²) in [5.74, 6) is -0.256. The van der Waals surface area contributed by atoms with Gasteiger partial charge < -0.3 is 0 Å². The van der Waals surface area contributed by atoms with Gasteiger partial charge in [0.05, 0.1) is 0 Å². The first kappa shape index (κ1) is 19.5. The monoisotopic (exact) mass is 465 g/mol. The van der Waals surface area contributed by atoms with Crippen molar-refractivity contribution in [3.63, 3.8) is 0 Å². The molecule has 7 nitrogen and oxygen atoms in total. The number of hydrogen-bond donors (Lipinski definition) is 3. The van der Waals surface area contributed by atoms with E-state index in [4.69, 9.17) is 5.73 Å². The molecular weight excluding hydrogens is 440 g/mol. The Bertz CT molecular complexity index is 540. The van der Waals surface area contributed by atoms with E-state index in [1.54, 1.807) is 17.4 Å². The molecule has 0 aliphatic carbocycles. The average Bonchev–Trinajstić information content (AvgIpc) is 3.24. The van der Waals surface area contributed by atoms with E-state index < -0.39 is 12.1 Å². The Morgan fingerprint density at radius 1 is 1.50 bits per heavy atom. The van der Waals surface area contributed by atoms with Crippen LogP contribution in [0.3, 0.4) is 0 Å². The molecule has 1 aromatic heterocycles. The molecule has 1 saturated heterocycles. The second-order valence-electron chi connectivity index (χ2n) is 5.94. The van der Waals surface area contributed by atoms with Crippen molar-refractivity contribution in [2.45, 2.75) is 54.4 Å². The van der Waals surface area contributed by atoms with Crippen LogP contribution in [0.5, 0.6) is 0 Å². The van der Waals surface area contributed by atoms with Crippen LogP contribution in [0, 0.1) is 0 Å². The summed E-state index contributed by atoms with van der Waals surface area (Å²) in [6, 6.07) is -0.991. The summed E-state index contributed by atoms with van der Waals surface area (Å²) < 4.78 is 0. The van der Waals surface area contributed by atoms with Crippen LogP contribution in [-0.2, 0) is 16.0 Å². The van der Waals surface area contributed by atoms with Crippen LogP contribution in [0.2, 0.25) is 10.6 Å². The number of carbonyl (C=O) groups is 2. The van der Waals surface area contributed by atoms with Crippen LogP contribution in [0.15, 0.2) is 12.5 Å². The van der Waals surface area contributed by atoms with Crippen molar-refractivity contribution in [1.29, 1.82) is 0 Å². The van der Waals surface area contributed by atoms with Gasteiger partial charge in [-0.05, 0) is 0 Å². The molecule has 0 unspecified atom stereocenters. The van der Waals surface area contributed by atoms with Gasteiger partial charge in [0, 0.05) is 0 Å². The second-order valence-corrected chi connectivity index (χ2v) is 7.50. The van der Waals surface area contributed by atoms with Gasteiger partial charge in [0.15, 0.2) is 0 Å². The number of imidazole rings is 1. The number of nitrogens with zero attached hydrogens (tertiary/aromatic N) is 2. The van der Waals surface area contributed by atoms with Crippen LogP contribution in [0.25, 0.3) is 0 Å². The first-order valence-electron chi connectivity index (χ1n) is 8.06. The quantitative estimate of drug-likeness (QED) is 0.445. The van der Waals surface area contributed by atoms with Crippen LogP contribution in [0.4, 0.5) is 0 Å². The van der Waals surface area contributed by atoms with Crippen molar-refractivity contribution in [3.05, 3.63) is 18.2 Å². The third kappa shape index (κ3) is 5.07. The van der Waals surface area contributed by atoms with Crippen LogP contribution < -0.4 is 11.1 Å². The zero-order valence-corrected chi connectivity index (χ0v) is 16.9. The third-order valence-electron chi connectivity index (χ3n) is 4.16. The molecule has 1 fully saturated rings. The van der Waals surface area contributed by atoms with Gasteiger partial charge >= 0.3 is 159 Å².